The van der Waals surface area contributed by atoms with Gasteiger partial charge in [-0.25, -0.2) is 4.98 Å². The van der Waals surface area contributed by atoms with Crippen LogP contribution in [-0.2, 0) is 4.79 Å². The third-order valence-corrected chi connectivity index (χ3v) is 4.72. The van der Waals surface area contributed by atoms with E-state index in [0.717, 1.165) is 11.6 Å². The Morgan fingerprint density at radius 1 is 1.00 bits per heavy atom. The number of para-hydroxylation sites is 1. The highest BCUT2D eigenvalue weighted by Crippen LogP contribution is 2.16. The molecule has 3 heterocycles. The second-order valence-electron chi connectivity index (χ2n) is 6.61. The van der Waals surface area contributed by atoms with E-state index in [9.17, 15) is 4.79 Å². The molecule has 0 spiro atoms. The topological polar surface area (TPSA) is 76.4 Å². The van der Waals surface area contributed by atoms with Crippen molar-refractivity contribution in [2.75, 3.05) is 31.1 Å². The van der Waals surface area contributed by atoms with E-state index in [1.54, 1.807) is 19.4 Å². The van der Waals surface area contributed by atoms with Crippen LogP contribution in [0.1, 0.15) is 6.92 Å². The molecular formula is C20H22N6O2. The minimum Gasteiger partial charge on any atom is -0.481 e. The second-order valence-corrected chi connectivity index (χ2v) is 6.61. The Bertz CT molecular complexity index is 890. The van der Waals surface area contributed by atoms with Crippen LogP contribution in [0.2, 0.25) is 0 Å². The molecule has 1 aliphatic rings. The standard InChI is InChI=1S/C20H22N6O2/c1-16(28-17-5-3-2-4-6-17)20(27)25-13-11-24(12-14-25)18-7-8-19(23-22-18)26-10-9-21-15-26/h2-10,15-16H,11-14H2,1H3. The molecule has 1 atom stereocenters. The molecule has 144 valence electrons. The zero-order chi connectivity index (χ0) is 19.3. The summed E-state index contributed by atoms with van der Waals surface area (Å²) in [5, 5.41) is 8.57. The van der Waals surface area contributed by atoms with Gasteiger partial charge in [0.15, 0.2) is 17.7 Å². The van der Waals surface area contributed by atoms with Gasteiger partial charge in [0.2, 0.25) is 0 Å². The molecule has 1 fully saturated rings. The molecular weight excluding hydrogens is 356 g/mol. The molecule has 0 saturated carbocycles. The number of carbonyl (C=O) groups is 1. The van der Waals surface area contributed by atoms with Crippen molar-refractivity contribution in [1.29, 1.82) is 0 Å². The lowest BCUT2D eigenvalue weighted by Crippen LogP contribution is -2.52. The van der Waals surface area contributed by atoms with Gasteiger partial charge in [0.1, 0.15) is 12.1 Å². The van der Waals surface area contributed by atoms with Gasteiger partial charge in [0.05, 0.1) is 0 Å². The number of ether oxygens (including phenoxy) is 1. The number of piperazine rings is 1. The number of carbonyl (C=O) groups excluding carboxylic acids is 1. The fourth-order valence-corrected chi connectivity index (χ4v) is 3.19. The maximum absolute atomic E-state index is 12.7. The van der Waals surface area contributed by atoms with E-state index in [1.807, 2.05) is 58.1 Å². The van der Waals surface area contributed by atoms with Crippen LogP contribution in [0.5, 0.6) is 5.75 Å². The van der Waals surface area contributed by atoms with Crippen LogP contribution >= 0.6 is 0 Å². The van der Waals surface area contributed by atoms with Crippen LogP contribution in [0.3, 0.4) is 0 Å². The van der Waals surface area contributed by atoms with Crippen molar-refractivity contribution >= 4 is 11.7 Å². The molecule has 28 heavy (non-hydrogen) atoms. The predicted octanol–water partition coefficient (Wildman–Crippen LogP) is 1.78. The average Bonchev–Trinajstić information content (AvgIpc) is 3.29. The number of hydrogen-bond donors (Lipinski definition) is 0. The molecule has 1 aliphatic heterocycles. The zero-order valence-corrected chi connectivity index (χ0v) is 15.7. The van der Waals surface area contributed by atoms with E-state index in [-0.39, 0.29) is 5.91 Å². The van der Waals surface area contributed by atoms with Gasteiger partial charge in [-0.05, 0) is 31.2 Å². The Kier molecular flexibility index (Phi) is 5.18. The average molecular weight is 378 g/mol. The van der Waals surface area contributed by atoms with Crippen LogP contribution in [0.15, 0.2) is 61.2 Å². The Hall–Kier alpha value is -3.42. The van der Waals surface area contributed by atoms with Crippen LogP contribution in [0, 0.1) is 0 Å². The number of amides is 1. The molecule has 2 aromatic heterocycles. The molecule has 0 aliphatic carbocycles. The van der Waals surface area contributed by atoms with Crippen molar-refractivity contribution in [3.05, 3.63) is 61.2 Å². The van der Waals surface area contributed by atoms with Gasteiger partial charge >= 0.3 is 0 Å². The van der Waals surface area contributed by atoms with E-state index < -0.39 is 6.10 Å². The highest BCUT2D eigenvalue weighted by atomic mass is 16.5. The number of aromatic nitrogens is 4. The van der Waals surface area contributed by atoms with Crippen molar-refractivity contribution in [1.82, 2.24) is 24.6 Å². The number of hydrogen-bond acceptors (Lipinski definition) is 6. The number of benzene rings is 1. The van der Waals surface area contributed by atoms with Gasteiger partial charge in [-0.2, -0.15) is 0 Å². The minimum atomic E-state index is -0.511. The first-order valence-corrected chi connectivity index (χ1v) is 9.28. The maximum atomic E-state index is 12.7. The summed E-state index contributed by atoms with van der Waals surface area (Å²) in [4.78, 5) is 20.7. The van der Waals surface area contributed by atoms with Gasteiger partial charge in [0.25, 0.3) is 5.91 Å². The van der Waals surface area contributed by atoms with Crippen molar-refractivity contribution in [2.24, 2.45) is 0 Å². The summed E-state index contributed by atoms with van der Waals surface area (Å²) in [5.41, 5.74) is 0. The van der Waals surface area contributed by atoms with E-state index in [2.05, 4.69) is 20.1 Å². The molecule has 0 bridgehead atoms. The van der Waals surface area contributed by atoms with Crippen molar-refractivity contribution in [3.63, 3.8) is 0 Å². The van der Waals surface area contributed by atoms with Crippen LogP contribution in [0.25, 0.3) is 5.82 Å². The Balaban J connectivity index is 1.32. The number of anilines is 1. The summed E-state index contributed by atoms with van der Waals surface area (Å²) in [6.07, 6.45) is 4.71. The van der Waals surface area contributed by atoms with E-state index in [4.69, 9.17) is 4.74 Å². The normalized spacial score (nSPS) is 15.3. The first-order valence-electron chi connectivity index (χ1n) is 9.28. The third-order valence-electron chi connectivity index (χ3n) is 4.72. The Morgan fingerprint density at radius 3 is 2.36 bits per heavy atom. The number of nitrogens with zero attached hydrogens (tertiary/aromatic N) is 6. The molecule has 1 saturated heterocycles. The van der Waals surface area contributed by atoms with Crippen LogP contribution in [0.4, 0.5) is 5.82 Å². The SMILES string of the molecule is CC(Oc1ccccc1)C(=O)N1CCN(c2ccc(-n3ccnc3)nn2)CC1. The Labute approximate surface area is 163 Å². The predicted molar refractivity (Wildman–Crippen MR) is 104 cm³/mol. The van der Waals surface area contributed by atoms with Gasteiger partial charge in [-0.1, -0.05) is 18.2 Å². The lowest BCUT2D eigenvalue weighted by molar-refractivity contribution is -0.138. The molecule has 0 radical (unpaired) electrons. The van der Waals surface area contributed by atoms with Crippen LogP contribution < -0.4 is 9.64 Å². The second kappa shape index (κ2) is 8.08. The first-order chi connectivity index (χ1) is 13.7. The lowest BCUT2D eigenvalue weighted by Gasteiger charge is -2.36. The number of rotatable bonds is 5. The molecule has 1 aromatic carbocycles. The molecule has 4 rings (SSSR count). The highest BCUT2D eigenvalue weighted by Gasteiger charge is 2.26. The summed E-state index contributed by atoms with van der Waals surface area (Å²) in [6, 6.07) is 13.3. The minimum absolute atomic E-state index is 0.00467. The maximum Gasteiger partial charge on any atom is 0.263 e. The number of imidazole rings is 1. The van der Waals surface area contributed by atoms with Crippen molar-refractivity contribution in [2.45, 2.75) is 13.0 Å². The highest BCUT2D eigenvalue weighted by molar-refractivity contribution is 5.81. The fourth-order valence-electron chi connectivity index (χ4n) is 3.19. The van der Waals surface area contributed by atoms with E-state index in [0.29, 0.717) is 31.9 Å². The fraction of sp³-hybridized carbons (Fsp3) is 0.300. The van der Waals surface area contributed by atoms with Gasteiger partial charge in [0, 0.05) is 38.6 Å². The molecule has 8 nitrogen and oxygen atoms in total. The summed E-state index contributed by atoms with van der Waals surface area (Å²) >= 11 is 0. The summed E-state index contributed by atoms with van der Waals surface area (Å²) in [6.45, 7) is 4.48. The van der Waals surface area contributed by atoms with Crippen molar-refractivity contribution in [3.8, 4) is 11.6 Å². The zero-order valence-electron chi connectivity index (χ0n) is 15.7. The van der Waals surface area contributed by atoms with E-state index >= 15 is 0 Å². The molecule has 3 aromatic rings. The molecule has 0 N–H and O–H groups in total. The smallest absolute Gasteiger partial charge is 0.263 e. The molecule has 1 amide bonds. The lowest BCUT2D eigenvalue weighted by atomic mass is 10.2. The quantitative estimate of drug-likeness (QED) is 0.674. The van der Waals surface area contributed by atoms with Crippen molar-refractivity contribution < 1.29 is 9.53 Å². The van der Waals surface area contributed by atoms with E-state index in [1.165, 1.54) is 0 Å². The third kappa shape index (κ3) is 3.95. The first kappa shape index (κ1) is 18.0. The van der Waals surface area contributed by atoms with Gasteiger partial charge < -0.3 is 14.5 Å². The van der Waals surface area contributed by atoms with Gasteiger partial charge in [-0.3, -0.25) is 9.36 Å². The largest absolute Gasteiger partial charge is 0.481 e. The van der Waals surface area contributed by atoms with Crippen LogP contribution in [-0.4, -0.2) is 62.8 Å². The Morgan fingerprint density at radius 2 is 1.71 bits per heavy atom. The summed E-state index contributed by atoms with van der Waals surface area (Å²) in [5.74, 6) is 2.24. The van der Waals surface area contributed by atoms with Gasteiger partial charge in [-0.15, -0.1) is 10.2 Å². The molecule has 8 heteroatoms. The molecule has 1 unspecified atom stereocenters. The summed E-state index contributed by atoms with van der Waals surface area (Å²) < 4.78 is 7.56. The monoisotopic (exact) mass is 378 g/mol. The summed E-state index contributed by atoms with van der Waals surface area (Å²) in [7, 11) is 0.